The molecule has 2 aromatic carbocycles. The summed E-state index contributed by atoms with van der Waals surface area (Å²) >= 11 is 0. The second kappa shape index (κ2) is 10.8. The summed E-state index contributed by atoms with van der Waals surface area (Å²) in [5.41, 5.74) is 2.65. The molecule has 0 bridgehead atoms. The first-order valence-electron chi connectivity index (χ1n) is 11.7. The number of hydrogen-bond donors (Lipinski definition) is 1. The van der Waals surface area contributed by atoms with Crippen molar-refractivity contribution in [3.05, 3.63) is 71.9 Å². The van der Waals surface area contributed by atoms with E-state index in [9.17, 15) is 9.90 Å². The summed E-state index contributed by atoms with van der Waals surface area (Å²) in [6, 6.07) is 15.3. The number of nitrogens with zero attached hydrogens (tertiary/aromatic N) is 3. The van der Waals surface area contributed by atoms with Crippen LogP contribution >= 0.6 is 0 Å². The summed E-state index contributed by atoms with van der Waals surface area (Å²) in [6.07, 6.45) is 5.05. The molecule has 1 aromatic heterocycles. The van der Waals surface area contributed by atoms with Gasteiger partial charge in [0.1, 0.15) is 5.75 Å². The number of likely N-dealkylation sites (N-methyl/N-ethyl adjacent to an activating group) is 1. The van der Waals surface area contributed by atoms with Gasteiger partial charge in [0.2, 0.25) is 0 Å². The first-order valence-corrected chi connectivity index (χ1v) is 11.7. The van der Waals surface area contributed by atoms with Crippen LogP contribution in [-0.2, 0) is 6.54 Å². The summed E-state index contributed by atoms with van der Waals surface area (Å²) in [5, 5.41) is 11.8. The number of carbonyl (C=O) groups excluding carboxylic acids is 1. The van der Waals surface area contributed by atoms with E-state index in [2.05, 4.69) is 33.5 Å². The Bertz CT molecular complexity index is 1100. The zero-order chi connectivity index (χ0) is 23.2. The number of rotatable bonds is 9. The summed E-state index contributed by atoms with van der Waals surface area (Å²) in [6.45, 7) is 7.77. The Morgan fingerprint density at radius 2 is 1.79 bits per heavy atom. The summed E-state index contributed by atoms with van der Waals surface area (Å²) in [7, 11) is 2.13. The zero-order valence-corrected chi connectivity index (χ0v) is 19.5. The number of aliphatic hydroxyl groups is 1. The van der Waals surface area contributed by atoms with Crippen LogP contribution in [0.5, 0.6) is 5.75 Å². The highest BCUT2D eigenvalue weighted by Crippen LogP contribution is 2.23. The minimum atomic E-state index is -0.452. The number of para-hydroxylation sites is 1. The number of piperazine rings is 1. The van der Waals surface area contributed by atoms with E-state index in [4.69, 9.17) is 4.74 Å². The predicted molar refractivity (Wildman–Crippen MR) is 133 cm³/mol. The molecule has 6 nitrogen and oxygen atoms in total. The number of aromatic nitrogens is 1. The van der Waals surface area contributed by atoms with E-state index in [1.54, 1.807) is 18.2 Å². The van der Waals surface area contributed by atoms with Crippen LogP contribution in [0.4, 0.5) is 0 Å². The van der Waals surface area contributed by atoms with Crippen LogP contribution < -0.4 is 4.74 Å². The Hall–Kier alpha value is -2.93. The lowest BCUT2D eigenvalue weighted by Gasteiger charge is -2.33. The molecular weight excluding hydrogens is 414 g/mol. The third-order valence-corrected chi connectivity index (χ3v) is 6.16. The lowest BCUT2D eigenvalue weighted by atomic mass is 10.1. The van der Waals surface area contributed by atoms with Crippen LogP contribution in [0.1, 0.15) is 22.8 Å². The lowest BCUT2D eigenvalue weighted by Crippen LogP contribution is -2.47. The molecule has 1 unspecified atom stereocenters. The number of aliphatic hydroxyl groups excluding tert-OH is 1. The van der Waals surface area contributed by atoms with Crippen LogP contribution in [0.15, 0.2) is 60.8 Å². The van der Waals surface area contributed by atoms with Crippen molar-refractivity contribution >= 4 is 22.8 Å². The average Bonchev–Trinajstić information content (AvgIpc) is 3.17. The van der Waals surface area contributed by atoms with Crippen LogP contribution in [0.25, 0.3) is 17.0 Å². The molecule has 2 heterocycles. The first-order chi connectivity index (χ1) is 16.0. The van der Waals surface area contributed by atoms with Gasteiger partial charge in [-0.05, 0) is 56.5 Å². The minimum absolute atomic E-state index is 0.0509. The summed E-state index contributed by atoms with van der Waals surface area (Å²) in [5.74, 6) is 0.709. The number of fused-ring (bicyclic) bond motifs is 1. The Kier molecular flexibility index (Phi) is 7.60. The number of benzene rings is 2. The molecular formula is C27H33N3O3. The second-order valence-electron chi connectivity index (χ2n) is 8.67. The molecule has 1 aliphatic rings. The van der Waals surface area contributed by atoms with E-state index >= 15 is 0 Å². The molecule has 1 fully saturated rings. The maximum atomic E-state index is 12.7. The zero-order valence-electron chi connectivity index (χ0n) is 19.5. The van der Waals surface area contributed by atoms with Crippen molar-refractivity contribution in [3.63, 3.8) is 0 Å². The number of hydrogen-bond acceptors (Lipinski definition) is 5. The molecule has 3 aromatic rings. The van der Waals surface area contributed by atoms with Gasteiger partial charge in [0.25, 0.3) is 0 Å². The Balaban J connectivity index is 1.46. The molecule has 0 spiro atoms. The van der Waals surface area contributed by atoms with Gasteiger partial charge in [-0.1, -0.05) is 18.2 Å². The van der Waals surface area contributed by atoms with Gasteiger partial charge in [-0.3, -0.25) is 9.69 Å². The highest BCUT2D eigenvalue weighted by Gasteiger charge is 2.18. The molecule has 0 aliphatic carbocycles. The smallest absolute Gasteiger partial charge is 0.185 e. The van der Waals surface area contributed by atoms with Crippen molar-refractivity contribution in [3.8, 4) is 5.75 Å². The van der Waals surface area contributed by atoms with E-state index in [-0.39, 0.29) is 5.78 Å². The van der Waals surface area contributed by atoms with Gasteiger partial charge < -0.3 is 19.3 Å². The van der Waals surface area contributed by atoms with Crippen LogP contribution in [0.2, 0.25) is 0 Å². The van der Waals surface area contributed by atoms with Gasteiger partial charge in [-0.25, -0.2) is 0 Å². The Labute approximate surface area is 195 Å². The molecule has 1 N–H and O–H groups in total. The van der Waals surface area contributed by atoms with Crippen molar-refractivity contribution in [1.29, 1.82) is 0 Å². The SMILES string of the molecule is CCOc1ccc(C(=O)C=Cc2cn(CC(O)CN3CCN(C)CC3)c3ccccc23)cc1. The van der Waals surface area contributed by atoms with Crippen LogP contribution in [-0.4, -0.2) is 77.7 Å². The Morgan fingerprint density at radius 1 is 1.06 bits per heavy atom. The molecule has 0 radical (unpaired) electrons. The van der Waals surface area contributed by atoms with E-state index in [1.807, 2.05) is 43.5 Å². The normalized spacial score (nSPS) is 16.5. The molecule has 6 heteroatoms. The van der Waals surface area contributed by atoms with Crippen molar-refractivity contribution < 1.29 is 14.6 Å². The van der Waals surface area contributed by atoms with E-state index in [1.165, 1.54) is 0 Å². The number of ether oxygens (including phenoxy) is 1. The molecule has 0 amide bonds. The highest BCUT2D eigenvalue weighted by molar-refractivity contribution is 6.07. The largest absolute Gasteiger partial charge is 0.494 e. The fourth-order valence-electron chi connectivity index (χ4n) is 4.32. The maximum absolute atomic E-state index is 12.7. The number of allylic oxidation sites excluding steroid dienone is 1. The van der Waals surface area contributed by atoms with Gasteiger partial charge >= 0.3 is 0 Å². The monoisotopic (exact) mass is 447 g/mol. The molecule has 33 heavy (non-hydrogen) atoms. The molecule has 0 saturated carbocycles. The van der Waals surface area contributed by atoms with Gasteiger partial charge in [0.05, 0.1) is 12.7 Å². The maximum Gasteiger partial charge on any atom is 0.185 e. The minimum Gasteiger partial charge on any atom is -0.494 e. The summed E-state index contributed by atoms with van der Waals surface area (Å²) < 4.78 is 7.54. The number of ketones is 1. The molecule has 4 rings (SSSR count). The van der Waals surface area contributed by atoms with Crippen molar-refractivity contribution in [2.75, 3.05) is 46.4 Å². The van der Waals surface area contributed by atoms with Crippen LogP contribution in [0, 0.1) is 0 Å². The Morgan fingerprint density at radius 3 is 2.52 bits per heavy atom. The number of β-amino-alcohol motifs (C(OH)–C–C–N with tert-alkyl or cyclic N) is 1. The average molecular weight is 448 g/mol. The highest BCUT2D eigenvalue weighted by atomic mass is 16.5. The second-order valence-corrected chi connectivity index (χ2v) is 8.67. The topological polar surface area (TPSA) is 57.9 Å². The van der Waals surface area contributed by atoms with Crippen LogP contribution in [0.3, 0.4) is 0 Å². The fourth-order valence-corrected chi connectivity index (χ4v) is 4.32. The van der Waals surface area contributed by atoms with E-state index < -0.39 is 6.10 Å². The van der Waals surface area contributed by atoms with Gasteiger partial charge in [-0.2, -0.15) is 0 Å². The van der Waals surface area contributed by atoms with Gasteiger partial charge in [0.15, 0.2) is 5.78 Å². The summed E-state index contributed by atoms with van der Waals surface area (Å²) in [4.78, 5) is 17.3. The molecule has 1 atom stereocenters. The van der Waals surface area contributed by atoms with Crippen molar-refractivity contribution in [2.45, 2.75) is 19.6 Å². The standard InChI is InChI=1S/C27H33N3O3/c1-3-33-24-11-8-21(9-12-24)27(32)13-10-22-18-30(26-7-5-4-6-25(22)26)20-23(31)19-29-16-14-28(2)15-17-29/h4-13,18,23,31H,3,14-17,19-20H2,1-2H3. The third kappa shape index (κ3) is 5.90. The molecule has 174 valence electrons. The first kappa shape index (κ1) is 23.2. The van der Waals surface area contributed by atoms with Gasteiger partial charge in [0, 0.05) is 67.5 Å². The third-order valence-electron chi connectivity index (χ3n) is 6.16. The number of carbonyl (C=O) groups is 1. The van der Waals surface area contributed by atoms with E-state index in [0.717, 1.165) is 48.4 Å². The quantitative estimate of drug-likeness (QED) is 0.402. The predicted octanol–water partition coefficient (Wildman–Crippen LogP) is 3.54. The van der Waals surface area contributed by atoms with Crippen molar-refractivity contribution in [1.82, 2.24) is 14.4 Å². The van der Waals surface area contributed by atoms with Crippen molar-refractivity contribution in [2.24, 2.45) is 0 Å². The lowest BCUT2D eigenvalue weighted by molar-refractivity contribution is 0.0717. The fraction of sp³-hybridized carbons (Fsp3) is 0.370. The van der Waals surface area contributed by atoms with E-state index in [0.29, 0.717) is 25.3 Å². The molecule has 1 saturated heterocycles. The van der Waals surface area contributed by atoms with Gasteiger partial charge in [-0.15, -0.1) is 0 Å². The molecule has 1 aliphatic heterocycles.